The van der Waals surface area contributed by atoms with E-state index in [9.17, 15) is 0 Å². The molecule has 2 saturated heterocycles. The van der Waals surface area contributed by atoms with E-state index in [1.807, 2.05) is 12.1 Å². The molecular formula is C15H20N4. The number of nitrogen functional groups attached to an aromatic ring is 1. The first kappa shape index (κ1) is 12.3. The second-order valence-corrected chi connectivity index (χ2v) is 5.52. The number of rotatable bonds is 1. The van der Waals surface area contributed by atoms with Crippen molar-refractivity contribution in [2.45, 2.75) is 25.3 Å². The lowest BCUT2D eigenvalue weighted by Crippen LogP contribution is -2.36. The Bertz CT molecular complexity index is 505. The van der Waals surface area contributed by atoms with Crippen LogP contribution in [-0.4, -0.2) is 37.1 Å². The van der Waals surface area contributed by atoms with Crippen molar-refractivity contribution < 1.29 is 0 Å². The number of nitrogens with zero attached hydrogens (tertiary/aromatic N) is 3. The Morgan fingerprint density at radius 2 is 2.05 bits per heavy atom. The predicted molar refractivity (Wildman–Crippen MR) is 77.0 cm³/mol. The van der Waals surface area contributed by atoms with Crippen molar-refractivity contribution in [3.05, 3.63) is 23.8 Å². The van der Waals surface area contributed by atoms with Crippen molar-refractivity contribution in [2.75, 3.05) is 36.8 Å². The highest BCUT2D eigenvalue weighted by molar-refractivity contribution is 5.69. The van der Waals surface area contributed by atoms with E-state index in [2.05, 4.69) is 15.9 Å². The molecule has 2 heterocycles. The topological polar surface area (TPSA) is 56.3 Å². The van der Waals surface area contributed by atoms with Gasteiger partial charge in [0, 0.05) is 25.7 Å². The van der Waals surface area contributed by atoms with Crippen molar-refractivity contribution in [3.8, 4) is 6.07 Å². The Balaban J connectivity index is 1.86. The molecule has 2 N–H and O–H groups in total. The quantitative estimate of drug-likeness (QED) is 0.779. The maximum Gasteiger partial charge on any atom is 0.0992 e. The molecular weight excluding hydrogens is 236 g/mol. The number of hydrogen-bond acceptors (Lipinski definition) is 4. The fourth-order valence-electron chi connectivity index (χ4n) is 3.31. The highest BCUT2D eigenvalue weighted by Gasteiger charge is 2.29. The molecule has 4 nitrogen and oxygen atoms in total. The Labute approximate surface area is 114 Å². The van der Waals surface area contributed by atoms with E-state index in [1.165, 1.54) is 32.4 Å². The van der Waals surface area contributed by atoms with E-state index in [1.54, 1.807) is 6.07 Å². The molecule has 2 aliphatic rings. The first-order valence-electron chi connectivity index (χ1n) is 7.06. The van der Waals surface area contributed by atoms with Gasteiger partial charge in [0.25, 0.3) is 0 Å². The number of nitrogens with two attached hydrogens (primary N) is 1. The highest BCUT2D eigenvalue weighted by Crippen LogP contribution is 2.29. The van der Waals surface area contributed by atoms with Gasteiger partial charge in [-0.1, -0.05) is 0 Å². The molecule has 1 aromatic rings. The van der Waals surface area contributed by atoms with Crippen molar-refractivity contribution in [1.82, 2.24) is 4.90 Å². The van der Waals surface area contributed by atoms with Gasteiger partial charge in [0.15, 0.2) is 0 Å². The van der Waals surface area contributed by atoms with Gasteiger partial charge >= 0.3 is 0 Å². The zero-order chi connectivity index (χ0) is 13.2. The summed E-state index contributed by atoms with van der Waals surface area (Å²) in [5.41, 5.74) is 8.61. The van der Waals surface area contributed by atoms with E-state index in [-0.39, 0.29) is 0 Å². The molecule has 100 valence electrons. The van der Waals surface area contributed by atoms with Crippen LogP contribution in [0.3, 0.4) is 0 Å². The van der Waals surface area contributed by atoms with E-state index < -0.39 is 0 Å². The molecule has 4 heteroatoms. The average Bonchev–Trinajstić information content (AvgIpc) is 2.77. The third kappa shape index (κ3) is 2.39. The molecule has 0 spiro atoms. The van der Waals surface area contributed by atoms with Crippen LogP contribution in [0.1, 0.15) is 24.8 Å². The third-order valence-electron chi connectivity index (χ3n) is 4.30. The van der Waals surface area contributed by atoms with Gasteiger partial charge in [0.2, 0.25) is 0 Å². The average molecular weight is 256 g/mol. The monoisotopic (exact) mass is 256 g/mol. The molecule has 0 bridgehead atoms. The molecule has 0 saturated carbocycles. The van der Waals surface area contributed by atoms with Gasteiger partial charge in [-0.3, -0.25) is 4.90 Å². The van der Waals surface area contributed by atoms with Crippen LogP contribution in [0.15, 0.2) is 18.2 Å². The molecule has 2 aliphatic heterocycles. The first-order valence-corrected chi connectivity index (χ1v) is 7.06. The van der Waals surface area contributed by atoms with Gasteiger partial charge in [-0.25, -0.2) is 0 Å². The minimum absolute atomic E-state index is 0.660. The normalized spacial score (nSPS) is 23.7. The molecule has 0 aromatic heterocycles. The fraction of sp³-hybridized carbons (Fsp3) is 0.533. The second-order valence-electron chi connectivity index (χ2n) is 5.52. The fourth-order valence-corrected chi connectivity index (χ4v) is 3.31. The second kappa shape index (κ2) is 5.10. The Morgan fingerprint density at radius 3 is 2.89 bits per heavy atom. The molecule has 1 aromatic carbocycles. The summed E-state index contributed by atoms with van der Waals surface area (Å²) >= 11 is 0. The lowest BCUT2D eigenvalue weighted by atomic mass is 10.1. The molecule has 0 radical (unpaired) electrons. The summed E-state index contributed by atoms with van der Waals surface area (Å²) in [4.78, 5) is 4.97. The SMILES string of the molecule is N#Cc1ccc(N)c(N2CCCN3CCCC3C2)c1. The summed E-state index contributed by atoms with van der Waals surface area (Å²) in [5, 5.41) is 9.04. The van der Waals surface area contributed by atoms with Crippen molar-refractivity contribution in [3.63, 3.8) is 0 Å². The van der Waals surface area contributed by atoms with Crippen LogP contribution in [0.5, 0.6) is 0 Å². The number of hydrogen-bond donors (Lipinski definition) is 1. The maximum atomic E-state index is 9.04. The van der Waals surface area contributed by atoms with Crippen LogP contribution in [0.4, 0.5) is 11.4 Å². The van der Waals surface area contributed by atoms with Crippen LogP contribution >= 0.6 is 0 Å². The van der Waals surface area contributed by atoms with E-state index in [0.717, 1.165) is 24.5 Å². The smallest absolute Gasteiger partial charge is 0.0992 e. The van der Waals surface area contributed by atoms with Crippen LogP contribution in [-0.2, 0) is 0 Å². The van der Waals surface area contributed by atoms with E-state index >= 15 is 0 Å². The summed E-state index contributed by atoms with van der Waals surface area (Å²) in [5.74, 6) is 0. The maximum absolute atomic E-state index is 9.04. The van der Waals surface area contributed by atoms with E-state index in [4.69, 9.17) is 11.0 Å². The van der Waals surface area contributed by atoms with Gasteiger partial charge in [0.05, 0.1) is 23.0 Å². The third-order valence-corrected chi connectivity index (χ3v) is 4.30. The molecule has 3 rings (SSSR count). The van der Waals surface area contributed by atoms with Gasteiger partial charge in [0.1, 0.15) is 0 Å². The largest absolute Gasteiger partial charge is 0.397 e. The Kier molecular flexibility index (Phi) is 3.31. The minimum atomic E-state index is 0.660. The number of benzene rings is 1. The Hall–Kier alpha value is -1.73. The van der Waals surface area contributed by atoms with Crippen LogP contribution in [0.25, 0.3) is 0 Å². The van der Waals surface area contributed by atoms with Crippen molar-refractivity contribution in [2.24, 2.45) is 0 Å². The molecule has 0 aliphatic carbocycles. The lowest BCUT2D eigenvalue weighted by molar-refractivity contribution is 0.273. The minimum Gasteiger partial charge on any atom is -0.397 e. The molecule has 19 heavy (non-hydrogen) atoms. The first-order chi connectivity index (χ1) is 9.28. The predicted octanol–water partition coefficient (Wildman–Crippen LogP) is 1.81. The molecule has 1 unspecified atom stereocenters. The number of fused-ring (bicyclic) bond motifs is 1. The van der Waals surface area contributed by atoms with Gasteiger partial charge < -0.3 is 10.6 Å². The zero-order valence-electron chi connectivity index (χ0n) is 11.2. The van der Waals surface area contributed by atoms with E-state index in [0.29, 0.717) is 11.6 Å². The molecule has 2 fully saturated rings. The Morgan fingerprint density at radius 1 is 1.21 bits per heavy atom. The van der Waals surface area contributed by atoms with Gasteiger partial charge in [-0.05, 0) is 44.0 Å². The summed E-state index contributed by atoms with van der Waals surface area (Å²) < 4.78 is 0. The van der Waals surface area contributed by atoms with Crippen LogP contribution < -0.4 is 10.6 Å². The summed E-state index contributed by atoms with van der Waals surface area (Å²) in [6.45, 7) is 4.51. The zero-order valence-corrected chi connectivity index (χ0v) is 11.2. The summed E-state index contributed by atoms with van der Waals surface area (Å²) in [7, 11) is 0. The standard InChI is InChI=1S/C15H20N4/c16-10-12-4-5-14(17)15(9-12)19-8-2-7-18-6-1-3-13(18)11-19/h4-5,9,13H,1-3,6-8,11,17H2. The summed E-state index contributed by atoms with van der Waals surface area (Å²) in [6.07, 6.45) is 3.77. The number of anilines is 2. The van der Waals surface area contributed by atoms with Gasteiger partial charge in [-0.2, -0.15) is 5.26 Å². The highest BCUT2D eigenvalue weighted by atomic mass is 15.3. The van der Waals surface area contributed by atoms with Crippen LogP contribution in [0.2, 0.25) is 0 Å². The molecule has 0 amide bonds. The van der Waals surface area contributed by atoms with Crippen LogP contribution in [0, 0.1) is 11.3 Å². The summed E-state index contributed by atoms with van der Waals surface area (Å²) in [6, 6.07) is 8.44. The van der Waals surface area contributed by atoms with Crippen molar-refractivity contribution in [1.29, 1.82) is 5.26 Å². The lowest BCUT2D eigenvalue weighted by Gasteiger charge is -2.28. The van der Waals surface area contributed by atoms with Gasteiger partial charge in [-0.15, -0.1) is 0 Å². The molecule has 1 atom stereocenters. The number of nitriles is 1. The van der Waals surface area contributed by atoms with Crippen molar-refractivity contribution >= 4 is 11.4 Å².